The molecular weight excluding hydrogens is 208 g/mol. The third-order valence-corrected chi connectivity index (χ3v) is 2.93. The Hall–Kier alpha value is -0.720. The van der Waals surface area contributed by atoms with Gasteiger partial charge in [-0.25, -0.2) is 0 Å². The molecule has 16 heavy (non-hydrogen) atoms. The Balaban J connectivity index is 4.52. The summed E-state index contributed by atoms with van der Waals surface area (Å²) in [5.41, 5.74) is 15.4. The molecule has 0 aromatic rings. The van der Waals surface area contributed by atoms with E-state index in [1.165, 1.54) is 0 Å². The van der Waals surface area contributed by atoms with Crippen LogP contribution < -0.4 is 17.2 Å². The normalized spacial score (nSPS) is 11.7. The molecule has 0 saturated carbocycles. The van der Waals surface area contributed by atoms with E-state index in [9.17, 15) is 10.1 Å². The van der Waals surface area contributed by atoms with Crippen molar-refractivity contribution in [2.75, 3.05) is 19.6 Å². The van der Waals surface area contributed by atoms with E-state index in [4.69, 9.17) is 17.2 Å². The van der Waals surface area contributed by atoms with Gasteiger partial charge in [0.1, 0.15) is 0 Å². The van der Waals surface area contributed by atoms with Crippen molar-refractivity contribution in [3.63, 3.8) is 0 Å². The zero-order valence-corrected chi connectivity index (χ0v) is 9.86. The monoisotopic (exact) mass is 232 g/mol. The van der Waals surface area contributed by atoms with Crippen molar-refractivity contribution in [3.8, 4) is 0 Å². The summed E-state index contributed by atoms with van der Waals surface area (Å²) in [6.45, 7) is 1.46. The van der Waals surface area contributed by atoms with Crippen molar-refractivity contribution < 1.29 is 4.92 Å². The van der Waals surface area contributed by atoms with Crippen molar-refractivity contribution in [1.29, 1.82) is 0 Å². The summed E-state index contributed by atoms with van der Waals surface area (Å²) in [6, 6.07) is 0. The van der Waals surface area contributed by atoms with Crippen LogP contribution in [-0.4, -0.2) is 30.1 Å². The lowest BCUT2D eigenvalue weighted by atomic mass is 9.84. The Bertz CT molecular complexity index is 177. The largest absolute Gasteiger partial charge is 0.330 e. The van der Waals surface area contributed by atoms with Gasteiger partial charge in [-0.3, -0.25) is 10.1 Å². The van der Waals surface area contributed by atoms with Gasteiger partial charge in [0.15, 0.2) is 0 Å². The lowest BCUT2D eigenvalue weighted by Gasteiger charge is -2.25. The topological polar surface area (TPSA) is 121 Å². The average Bonchev–Trinajstić information content (AvgIpc) is 2.28. The second-order valence-corrected chi connectivity index (χ2v) is 4.16. The predicted molar refractivity (Wildman–Crippen MR) is 64.6 cm³/mol. The van der Waals surface area contributed by atoms with Crippen molar-refractivity contribution in [1.82, 2.24) is 0 Å². The minimum atomic E-state index is -0.863. The van der Waals surface area contributed by atoms with E-state index < -0.39 is 5.54 Å². The molecule has 6 N–H and O–H groups in total. The molecule has 96 valence electrons. The van der Waals surface area contributed by atoms with Crippen LogP contribution in [0.25, 0.3) is 0 Å². The van der Waals surface area contributed by atoms with Gasteiger partial charge in [0, 0.05) is 24.2 Å². The van der Waals surface area contributed by atoms with E-state index in [1.807, 2.05) is 0 Å². The van der Waals surface area contributed by atoms with Crippen molar-refractivity contribution in [3.05, 3.63) is 10.1 Å². The van der Waals surface area contributed by atoms with Crippen LogP contribution in [0.4, 0.5) is 0 Å². The van der Waals surface area contributed by atoms with Gasteiger partial charge in [-0.2, -0.15) is 0 Å². The maximum atomic E-state index is 11.2. The summed E-state index contributed by atoms with van der Waals surface area (Å²) >= 11 is 0. The van der Waals surface area contributed by atoms with Crippen molar-refractivity contribution in [2.45, 2.75) is 44.1 Å². The van der Waals surface area contributed by atoms with Crippen LogP contribution in [0.2, 0.25) is 0 Å². The number of nitrogens with zero attached hydrogens (tertiary/aromatic N) is 1. The van der Waals surface area contributed by atoms with Gasteiger partial charge in [0.25, 0.3) is 0 Å². The molecule has 6 nitrogen and oxygen atoms in total. The number of nitro groups is 1. The van der Waals surface area contributed by atoms with Gasteiger partial charge in [0.2, 0.25) is 5.54 Å². The zero-order valence-electron chi connectivity index (χ0n) is 9.86. The van der Waals surface area contributed by atoms with Gasteiger partial charge >= 0.3 is 0 Å². The highest BCUT2D eigenvalue weighted by molar-refractivity contribution is 4.80. The van der Waals surface area contributed by atoms with E-state index in [2.05, 4.69) is 0 Å². The van der Waals surface area contributed by atoms with E-state index in [-0.39, 0.29) is 4.92 Å². The molecule has 0 spiro atoms. The van der Waals surface area contributed by atoms with Gasteiger partial charge in [0.05, 0.1) is 0 Å². The fourth-order valence-electron chi connectivity index (χ4n) is 1.94. The van der Waals surface area contributed by atoms with Crippen LogP contribution >= 0.6 is 0 Å². The van der Waals surface area contributed by atoms with Gasteiger partial charge < -0.3 is 17.2 Å². The summed E-state index contributed by atoms with van der Waals surface area (Å²) in [4.78, 5) is 11.1. The second-order valence-electron chi connectivity index (χ2n) is 4.16. The van der Waals surface area contributed by atoms with Crippen LogP contribution in [0.5, 0.6) is 0 Å². The molecule has 0 aromatic carbocycles. The minimum absolute atomic E-state index is 0.159. The van der Waals surface area contributed by atoms with Crippen molar-refractivity contribution >= 4 is 0 Å². The molecule has 0 unspecified atom stereocenters. The second kappa shape index (κ2) is 8.43. The first-order chi connectivity index (χ1) is 7.63. The summed E-state index contributed by atoms with van der Waals surface area (Å²) in [7, 11) is 0. The number of hydrogen-bond donors (Lipinski definition) is 3. The number of rotatable bonds is 10. The van der Waals surface area contributed by atoms with Gasteiger partial charge in [-0.05, 0) is 38.9 Å². The Kier molecular flexibility index (Phi) is 8.05. The predicted octanol–water partition coefficient (Wildman–Crippen LogP) is 0.219. The van der Waals surface area contributed by atoms with E-state index >= 15 is 0 Å². The maximum Gasteiger partial charge on any atom is 0.222 e. The Morgan fingerprint density at radius 3 is 1.38 bits per heavy atom. The highest BCUT2D eigenvalue weighted by Crippen LogP contribution is 2.28. The molecule has 0 fully saturated rings. The fraction of sp³-hybridized carbons (Fsp3) is 1.00. The summed E-state index contributed by atoms with van der Waals surface area (Å²) in [5.74, 6) is 0. The zero-order chi connectivity index (χ0) is 12.4. The molecule has 0 bridgehead atoms. The molecule has 0 saturated heterocycles. The fourth-order valence-corrected chi connectivity index (χ4v) is 1.94. The molecule has 0 rings (SSSR count). The third-order valence-electron chi connectivity index (χ3n) is 2.93. The molecule has 0 heterocycles. The van der Waals surface area contributed by atoms with E-state index in [0.29, 0.717) is 58.2 Å². The lowest BCUT2D eigenvalue weighted by molar-refractivity contribution is -0.574. The van der Waals surface area contributed by atoms with Crippen LogP contribution in [0, 0.1) is 10.1 Å². The minimum Gasteiger partial charge on any atom is -0.330 e. The molecule has 6 heteroatoms. The lowest BCUT2D eigenvalue weighted by Crippen LogP contribution is -2.40. The highest BCUT2D eigenvalue weighted by atomic mass is 16.6. The Morgan fingerprint density at radius 2 is 1.19 bits per heavy atom. The first kappa shape index (κ1) is 15.3. The van der Waals surface area contributed by atoms with E-state index in [1.54, 1.807) is 0 Å². The molecule has 0 radical (unpaired) electrons. The Labute approximate surface area is 96.7 Å². The van der Waals surface area contributed by atoms with Gasteiger partial charge in [-0.1, -0.05) is 0 Å². The standard InChI is InChI=1S/C10H24N4O2/c11-7-1-4-10(14(15)16,5-2-8-12)6-3-9-13/h1-9,11-13H2. The van der Waals surface area contributed by atoms with Crippen LogP contribution in [0.15, 0.2) is 0 Å². The molecule has 0 aliphatic heterocycles. The molecule has 0 aromatic heterocycles. The van der Waals surface area contributed by atoms with Crippen LogP contribution in [0.3, 0.4) is 0 Å². The quantitative estimate of drug-likeness (QED) is 0.367. The molecule has 0 aliphatic rings. The average molecular weight is 232 g/mol. The Morgan fingerprint density at radius 1 is 0.875 bits per heavy atom. The van der Waals surface area contributed by atoms with Crippen molar-refractivity contribution in [2.24, 2.45) is 17.2 Å². The third kappa shape index (κ3) is 4.87. The molecule has 0 amide bonds. The number of hydrogen-bond acceptors (Lipinski definition) is 5. The first-order valence-electron chi connectivity index (χ1n) is 5.87. The number of nitrogens with two attached hydrogens (primary N) is 3. The summed E-state index contributed by atoms with van der Waals surface area (Å²) in [5, 5.41) is 11.2. The summed E-state index contributed by atoms with van der Waals surface area (Å²) in [6.07, 6.45) is 3.60. The summed E-state index contributed by atoms with van der Waals surface area (Å²) < 4.78 is 0. The molecule has 0 aliphatic carbocycles. The van der Waals surface area contributed by atoms with Crippen LogP contribution in [-0.2, 0) is 0 Å². The van der Waals surface area contributed by atoms with Gasteiger partial charge in [-0.15, -0.1) is 0 Å². The smallest absolute Gasteiger partial charge is 0.222 e. The highest BCUT2D eigenvalue weighted by Gasteiger charge is 2.40. The molecule has 0 atom stereocenters. The maximum absolute atomic E-state index is 11.2. The molecular formula is C10H24N4O2. The SMILES string of the molecule is NCCCC(CCCN)(CCCN)[N+](=O)[O-]. The van der Waals surface area contributed by atoms with E-state index in [0.717, 1.165) is 0 Å². The van der Waals surface area contributed by atoms with Crippen LogP contribution in [0.1, 0.15) is 38.5 Å². The first-order valence-corrected chi connectivity index (χ1v) is 5.87.